The fourth-order valence-electron chi connectivity index (χ4n) is 2.83. The van der Waals surface area contributed by atoms with E-state index < -0.39 is 4.92 Å². The van der Waals surface area contributed by atoms with Crippen LogP contribution >= 0.6 is 15.9 Å². The Bertz CT molecular complexity index is 1170. The lowest BCUT2D eigenvalue weighted by Crippen LogP contribution is -2.19. The highest BCUT2D eigenvalue weighted by molar-refractivity contribution is 9.10. The molecule has 170 valence electrons. The fourth-order valence-corrected chi connectivity index (χ4v) is 3.40. The van der Waals surface area contributed by atoms with Crippen molar-refractivity contribution in [3.05, 3.63) is 97.8 Å². The second kappa shape index (κ2) is 11.2. The normalized spacial score (nSPS) is 10.8. The average Bonchev–Trinajstić information content (AvgIpc) is 2.79. The van der Waals surface area contributed by atoms with E-state index in [9.17, 15) is 19.3 Å². The molecule has 0 aromatic heterocycles. The number of hydrazone groups is 1. The number of hydrogen-bond acceptors (Lipinski definition) is 6. The molecular formula is C23H19BrFN3O5. The molecular weight excluding hydrogens is 497 g/mol. The first-order chi connectivity index (χ1) is 15.9. The maximum Gasteiger partial charge on any atom is 0.269 e. The molecule has 0 saturated carbocycles. The van der Waals surface area contributed by atoms with Crippen molar-refractivity contribution in [1.29, 1.82) is 0 Å². The van der Waals surface area contributed by atoms with Gasteiger partial charge in [0.05, 0.1) is 29.1 Å². The van der Waals surface area contributed by atoms with Crippen LogP contribution in [0, 0.1) is 15.9 Å². The summed E-state index contributed by atoms with van der Waals surface area (Å²) in [6.45, 7) is 0.224. The highest BCUT2D eigenvalue weighted by atomic mass is 79.9. The number of benzene rings is 3. The Morgan fingerprint density at radius 1 is 1.15 bits per heavy atom. The quantitative estimate of drug-likeness (QED) is 0.251. The zero-order valence-electron chi connectivity index (χ0n) is 17.5. The Labute approximate surface area is 197 Å². The van der Waals surface area contributed by atoms with Crippen molar-refractivity contribution >= 4 is 33.7 Å². The molecule has 0 bridgehead atoms. The Hall–Kier alpha value is -3.79. The number of nitrogens with zero attached hydrogens (tertiary/aromatic N) is 2. The lowest BCUT2D eigenvalue weighted by molar-refractivity contribution is -0.384. The van der Waals surface area contributed by atoms with Crippen LogP contribution in [-0.2, 0) is 17.8 Å². The molecule has 0 saturated heterocycles. The third kappa shape index (κ3) is 6.84. The van der Waals surface area contributed by atoms with Crippen LogP contribution in [0.1, 0.15) is 16.7 Å². The molecule has 10 heteroatoms. The summed E-state index contributed by atoms with van der Waals surface area (Å²) >= 11 is 3.44. The van der Waals surface area contributed by atoms with Crippen molar-refractivity contribution < 1.29 is 23.6 Å². The molecule has 3 rings (SSSR count). The van der Waals surface area contributed by atoms with E-state index >= 15 is 0 Å². The molecule has 0 unspecified atom stereocenters. The summed E-state index contributed by atoms with van der Waals surface area (Å²) in [4.78, 5) is 22.3. The lowest BCUT2D eigenvalue weighted by Gasteiger charge is -2.13. The number of amides is 1. The molecule has 3 aromatic rings. The van der Waals surface area contributed by atoms with E-state index in [1.165, 1.54) is 49.7 Å². The van der Waals surface area contributed by atoms with Crippen molar-refractivity contribution in [2.45, 2.75) is 13.0 Å². The van der Waals surface area contributed by atoms with Crippen molar-refractivity contribution in [1.82, 2.24) is 5.43 Å². The van der Waals surface area contributed by atoms with Crippen molar-refractivity contribution in [2.24, 2.45) is 5.10 Å². The molecule has 1 N–H and O–H groups in total. The van der Waals surface area contributed by atoms with Crippen LogP contribution in [0.5, 0.6) is 11.5 Å². The van der Waals surface area contributed by atoms with E-state index in [1.54, 1.807) is 24.3 Å². The zero-order valence-corrected chi connectivity index (χ0v) is 19.0. The number of halogens is 2. The van der Waals surface area contributed by atoms with Gasteiger partial charge in [-0.15, -0.1) is 0 Å². The summed E-state index contributed by atoms with van der Waals surface area (Å²) in [5.41, 5.74) is 4.44. The fraction of sp³-hybridized carbons (Fsp3) is 0.130. The molecule has 0 spiro atoms. The van der Waals surface area contributed by atoms with Gasteiger partial charge in [-0.1, -0.05) is 24.3 Å². The van der Waals surface area contributed by atoms with Crippen LogP contribution in [0.3, 0.4) is 0 Å². The topological polar surface area (TPSA) is 103 Å². The van der Waals surface area contributed by atoms with E-state index in [4.69, 9.17) is 9.47 Å². The lowest BCUT2D eigenvalue weighted by atomic mass is 10.1. The van der Waals surface area contributed by atoms with E-state index in [0.29, 0.717) is 27.1 Å². The van der Waals surface area contributed by atoms with Gasteiger partial charge in [0.15, 0.2) is 11.5 Å². The predicted octanol–water partition coefficient (Wildman–Crippen LogP) is 4.78. The van der Waals surface area contributed by atoms with E-state index in [1.807, 2.05) is 0 Å². The second-order valence-corrected chi connectivity index (χ2v) is 7.70. The SMILES string of the molecule is COc1cc(/C=N/NC(=O)Cc2ccc([N+](=O)[O-])cc2)cc(Br)c1OCc1ccc(F)cc1. The van der Waals surface area contributed by atoms with Gasteiger partial charge < -0.3 is 9.47 Å². The van der Waals surface area contributed by atoms with Crippen LogP contribution < -0.4 is 14.9 Å². The van der Waals surface area contributed by atoms with Gasteiger partial charge >= 0.3 is 0 Å². The van der Waals surface area contributed by atoms with Gasteiger partial charge in [0.25, 0.3) is 5.69 Å². The van der Waals surface area contributed by atoms with Crippen molar-refractivity contribution in [3.63, 3.8) is 0 Å². The van der Waals surface area contributed by atoms with Crippen molar-refractivity contribution in [2.75, 3.05) is 7.11 Å². The number of methoxy groups -OCH3 is 1. The van der Waals surface area contributed by atoms with Gasteiger partial charge in [-0.25, -0.2) is 9.82 Å². The molecule has 1 amide bonds. The Morgan fingerprint density at radius 3 is 2.45 bits per heavy atom. The third-order valence-electron chi connectivity index (χ3n) is 4.46. The van der Waals surface area contributed by atoms with Gasteiger partial charge in [-0.2, -0.15) is 5.10 Å². The molecule has 0 atom stereocenters. The molecule has 0 fully saturated rings. The summed E-state index contributed by atoms with van der Waals surface area (Å²) in [5.74, 6) is 0.234. The highest BCUT2D eigenvalue weighted by Gasteiger charge is 2.12. The van der Waals surface area contributed by atoms with Crippen LogP contribution in [-0.4, -0.2) is 24.2 Å². The first-order valence-electron chi connectivity index (χ1n) is 9.65. The molecule has 3 aromatic carbocycles. The molecule has 0 aliphatic heterocycles. The summed E-state index contributed by atoms with van der Waals surface area (Å²) in [7, 11) is 1.50. The molecule has 0 heterocycles. The molecule has 8 nitrogen and oxygen atoms in total. The molecule has 33 heavy (non-hydrogen) atoms. The van der Waals surface area contributed by atoms with Gasteiger partial charge in [-0.05, 0) is 56.9 Å². The number of carbonyl (C=O) groups excluding carboxylic acids is 1. The smallest absolute Gasteiger partial charge is 0.269 e. The third-order valence-corrected chi connectivity index (χ3v) is 5.05. The van der Waals surface area contributed by atoms with Crippen LogP contribution in [0.4, 0.5) is 10.1 Å². The summed E-state index contributed by atoms with van der Waals surface area (Å²) < 4.78 is 24.9. The number of non-ortho nitro benzene ring substituents is 1. The van der Waals surface area contributed by atoms with E-state index in [-0.39, 0.29) is 30.4 Å². The van der Waals surface area contributed by atoms with Gasteiger partial charge in [0.1, 0.15) is 12.4 Å². The van der Waals surface area contributed by atoms with Gasteiger partial charge in [-0.3, -0.25) is 14.9 Å². The number of nitro groups is 1. The van der Waals surface area contributed by atoms with Crippen LogP contribution in [0.15, 0.2) is 70.2 Å². The van der Waals surface area contributed by atoms with Gasteiger partial charge in [0.2, 0.25) is 5.91 Å². The van der Waals surface area contributed by atoms with Crippen molar-refractivity contribution in [3.8, 4) is 11.5 Å². The van der Waals surface area contributed by atoms with E-state index in [0.717, 1.165) is 5.56 Å². The predicted molar refractivity (Wildman–Crippen MR) is 124 cm³/mol. The monoisotopic (exact) mass is 515 g/mol. The van der Waals surface area contributed by atoms with Gasteiger partial charge in [0, 0.05) is 12.1 Å². The minimum absolute atomic E-state index is 0.0263. The minimum atomic E-state index is -0.500. The standard InChI is InChI=1S/C23H19BrFN3O5/c1-32-21-11-17(10-20(24)23(21)33-14-16-2-6-18(25)7-3-16)13-26-27-22(29)12-15-4-8-19(9-5-15)28(30)31/h2-11,13H,12,14H2,1H3,(H,27,29)/b26-13+. The highest BCUT2D eigenvalue weighted by Crippen LogP contribution is 2.36. The molecule has 0 aliphatic carbocycles. The zero-order chi connectivity index (χ0) is 23.8. The largest absolute Gasteiger partial charge is 0.493 e. The Balaban J connectivity index is 1.60. The summed E-state index contributed by atoms with van der Waals surface area (Å²) in [6.07, 6.45) is 1.48. The second-order valence-electron chi connectivity index (χ2n) is 6.84. The first kappa shape index (κ1) is 23.9. The first-order valence-corrected chi connectivity index (χ1v) is 10.4. The van der Waals surface area contributed by atoms with Crippen LogP contribution in [0.2, 0.25) is 0 Å². The maximum atomic E-state index is 13.0. The summed E-state index contributed by atoms with van der Waals surface area (Å²) in [5, 5.41) is 14.6. The minimum Gasteiger partial charge on any atom is -0.493 e. The van der Waals surface area contributed by atoms with Crippen LogP contribution in [0.25, 0.3) is 0 Å². The molecule has 0 aliphatic rings. The number of carbonyl (C=O) groups is 1. The molecule has 0 radical (unpaired) electrons. The number of nitro benzene ring substituents is 1. The number of hydrogen-bond donors (Lipinski definition) is 1. The number of nitrogens with one attached hydrogen (secondary N) is 1. The number of ether oxygens (including phenoxy) is 2. The Kier molecular flexibility index (Phi) is 8.09. The maximum absolute atomic E-state index is 13.0. The average molecular weight is 516 g/mol. The number of rotatable bonds is 9. The summed E-state index contributed by atoms with van der Waals surface area (Å²) in [6, 6.07) is 15.2. The Morgan fingerprint density at radius 2 is 1.82 bits per heavy atom. The van der Waals surface area contributed by atoms with E-state index in [2.05, 4.69) is 26.5 Å².